The Morgan fingerprint density at radius 1 is 0.857 bits per heavy atom. The highest BCUT2D eigenvalue weighted by Gasteiger charge is 2.30. The maximum atomic E-state index is 13.1. The van der Waals surface area contributed by atoms with Crippen LogP contribution in [0.25, 0.3) is 0 Å². The Morgan fingerprint density at radius 2 is 1.40 bits per heavy atom. The van der Waals surface area contributed by atoms with Gasteiger partial charge >= 0.3 is 11.9 Å². The Balaban J connectivity index is 5.50. The van der Waals surface area contributed by atoms with Crippen molar-refractivity contribution in [2.45, 2.75) is 83.0 Å². The lowest BCUT2D eigenvalue weighted by Gasteiger charge is -2.26. The van der Waals surface area contributed by atoms with Gasteiger partial charge in [0.1, 0.15) is 18.1 Å². The summed E-state index contributed by atoms with van der Waals surface area (Å²) in [6.45, 7) is 4.15. The molecular weight excluding hydrogens is 478 g/mol. The minimum absolute atomic E-state index is 0.0957. The molecule has 35 heavy (non-hydrogen) atoms. The van der Waals surface area contributed by atoms with Gasteiger partial charge in [0.2, 0.25) is 17.7 Å². The maximum absolute atomic E-state index is 13.1. The van der Waals surface area contributed by atoms with Crippen LogP contribution in [0.15, 0.2) is 0 Å². The summed E-state index contributed by atoms with van der Waals surface area (Å²) in [5.74, 6) is -3.98. The summed E-state index contributed by atoms with van der Waals surface area (Å²) in [6.07, 6.45) is 3.45. The van der Waals surface area contributed by atoms with Gasteiger partial charge in [-0.2, -0.15) is 11.8 Å². The Bertz CT molecular complexity index is 710. The summed E-state index contributed by atoms with van der Waals surface area (Å²) < 4.78 is 0. The minimum Gasteiger partial charge on any atom is -0.481 e. The van der Waals surface area contributed by atoms with Gasteiger partial charge in [-0.05, 0) is 56.6 Å². The third-order valence-corrected chi connectivity index (χ3v) is 6.29. The van der Waals surface area contributed by atoms with Crippen LogP contribution in [0.1, 0.15) is 58.8 Å². The number of carboxylic acids is 2. The average Bonchev–Trinajstić information content (AvgIpc) is 2.81. The Labute approximate surface area is 210 Å². The summed E-state index contributed by atoms with van der Waals surface area (Å²) in [7, 11) is 0. The fraction of sp³-hybridized carbons (Fsp3) is 0.773. The lowest BCUT2D eigenvalue weighted by atomic mass is 9.98. The maximum Gasteiger partial charge on any atom is 0.326 e. The highest BCUT2D eigenvalue weighted by atomic mass is 32.2. The monoisotopic (exact) mass is 519 g/mol. The second kappa shape index (κ2) is 18.0. The fourth-order valence-electron chi connectivity index (χ4n) is 3.12. The normalized spacial score (nSPS) is 15.2. The van der Waals surface area contributed by atoms with Crippen LogP contribution in [0.4, 0.5) is 0 Å². The molecule has 9 N–H and O–H groups in total. The second-order valence-electron chi connectivity index (χ2n) is 8.43. The molecule has 0 aromatic rings. The SMILES string of the molecule is CCC(C)C(N)C(=O)NC(CCCCN)C(=O)NC(CCSC)C(=O)NC(CCC(=O)O)C(=O)O. The van der Waals surface area contributed by atoms with Crippen molar-refractivity contribution in [2.75, 3.05) is 18.6 Å². The van der Waals surface area contributed by atoms with E-state index in [0.717, 1.165) is 0 Å². The highest BCUT2D eigenvalue weighted by Crippen LogP contribution is 2.09. The molecule has 0 radical (unpaired) electrons. The molecule has 3 amide bonds. The number of unbranched alkanes of at least 4 members (excludes halogenated alkanes) is 1. The summed E-state index contributed by atoms with van der Waals surface area (Å²) in [6, 6.07) is -4.23. The van der Waals surface area contributed by atoms with Crippen LogP contribution in [-0.2, 0) is 24.0 Å². The van der Waals surface area contributed by atoms with Gasteiger partial charge in [-0.1, -0.05) is 20.3 Å². The van der Waals surface area contributed by atoms with Crippen LogP contribution in [-0.4, -0.2) is 82.6 Å². The third-order valence-electron chi connectivity index (χ3n) is 5.64. The van der Waals surface area contributed by atoms with E-state index in [9.17, 15) is 29.1 Å². The molecule has 0 aliphatic rings. The Kier molecular flexibility index (Phi) is 16.7. The molecule has 5 unspecified atom stereocenters. The molecule has 0 bridgehead atoms. The lowest BCUT2D eigenvalue weighted by molar-refractivity contribution is -0.143. The van der Waals surface area contributed by atoms with Crippen molar-refractivity contribution in [1.82, 2.24) is 16.0 Å². The molecule has 13 heteroatoms. The van der Waals surface area contributed by atoms with Crippen molar-refractivity contribution >= 4 is 41.4 Å². The number of nitrogens with one attached hydrogen (secondary N) is 3. The molecule has 202 valence electrons. The minimum atomic E-state index is -1.42. The number of carbonyl (C=O) groups excluding carboxylic acids is 3. The van der Waals surface area contributed by atoms with E-state index in [4.69, 9.17) is 16.6 Å². The zero-order valence-electron chi connectivity index (χ0n) is 20.7. The van der Waals surface area contributed by atoms with Gasteiger partial charge in [0.05, 0.1) is 6.04 Å². The molecule has 0 aromatic heterocycles. The molecule has 5 atom stereocenters. The molecule has 12 nitrogen and oxygen atoms in total. The Morgan fingerprint density at radius 3 is 1.89 bits per heavy atom. The third kappa shape index (κ3) is 13.3. The number of aliphatic carboxylic acids is 2. The summed E-state index contributed by atoms with van der Waals surface area (Å²) in [5, 5.41) is 25.7. The van der Waals surface area contributed by atoms with Crippen molar-refractivity contribution in [2.24, 2.45) is 17.4 Å². The second-order valence-corrected chi connectivity index (χ2v) is 9.42. The number of hydrogen-bond acceptors (Lipinski definition) is 8. The first-order valence-electron chi connectivity index (χ1n) is 11.8. The topological polar surface area (TPSA) is 214 Å². The number of amides is 3. The number of hydrogen-bond donors (Lipinski definition) is 7. The highest BCUT2D eigenvalue weighted by molar-refractivity contribution is 7.98. The van der Waals surface area contributed by atoms with E-state index < -0.39 is 60.2 Å². The van der Waals surface area contributed by atoms with Crippen LogP contribution in [0.5, 0.6) is 0 Å². The predicted molar refractivity (Wildman–Crippen MR) is 134 cm³/mol. The van der Waals surface area contributed by atoms with Gasteiger partial charge < -0.3 is 37.6 Å². The molecular formula is C22H41N5O7S. The van der Waals surface area contributed by atoms with Crippen molar-refractivity contribution in [3.63, 3.8) is 0 Å². The van der Waals surface area contributed by atoms with Crippen LogP contribution >= 0.6 is 11.8 Å². The molecule has 0 aliphatic carbocycles. The van der Waals surface area contributed by atoms with Crippen molar-refractivity contribution in [3.8, 4) is 0 Å². The van der Waals surface area contributed by atoms with Crippen LogP contribution < -0.4 is 27.4 Å². The number of rotatable bonds is 19. The largest absolute Gasteiger partial charge is 0.481 e. The van der Waals surface area contributed by atoms with Gasteiger partial charge in [0.15, 0.2) is 0 Å². The first-order valence-corrected chi connectivity index (χ1v) is 13.2. The summed E-state index contributed by atoms with van der Waals surface area (Å²) in [5.41, 5.74) is 11.5. The average molecular weight is 520 g/mol. The van der Waals surface area contributed by atoms with Gasteiger partial charge in [-0.3, -0.25) is 19.2 Å². The molecule has 0 aliphatic heterocycles. The van der Waals surface area contributed by atoms with Gasteiger partial charge in [0.25, 0.3) is 0 Å². The zero-order valence-corrected chi connectivity index (χ0v) is 21.6. The molecule has 0 fully saturated rings. The number of carbonyl (C=O) groups is 5. The van der Waals surface area contributed by atoms with Crippen molar-refractivity contribution < 1.29 is 34.2 Å². The van der Waals surface area contributed by atoms with Crippen LogP contribution in [0, 0.1) is 5.92 Å². The molecule has 0 saturated heterocycles. The number of carboxylic acid groups (broad SMARTS) is 2. The fourth-order valence-corrected chi connectivity index (χ4v) is 3.59. The molecule has 0 aromatic carbocycles. The number of nitrogens with two attached hydrogens (primary N) is 2. The molecule has 0 saturated carbocycles. The van der Waals surface area contributed by atoms with E-state index in [1.165, 1.54) is 11.8 Å². The van der Waals surface area contributed by atoms with Gasteiger partial charge in [0, 0.05) is 6.42 Å². The van der Waals surface area contributed by atoms with E-state index in [1.54, 1.807) is 0 Å². The zero-order chi connectivity index (χ0) is 27.0. The van der Waals surface area contributed by atoms with Crippen LogP contribution in [0.3, 0.4) is 0 Å². The van der Waals surface area contributed by atoms with Crippen molar-refractivity contribution in [3.05, 3.63) is 0 Å². The first-order chi connectivity index (χ1) is 16.5. The standard InChI is InChI=1S/C22H41N5O7S/c1-4-13(2)18(24)21(32)26-14(7-5-6-11-23)19(30)25-15(10-12-35-3)20(31)27-16(22(33)34)8-9-17(28)29/h13-16,18H,4-12,23-24H2,1-3H3,(H,25,30)(H,26,32)(H,27,31)(H,28,29)(H,33,34). The quantitative estimate of drug-likeness (QED) is 0.110. The molecule has 0 rings (SSSR count). The first kappa shape index (κ1) is 32.6. The predicted octanol–water partition coefficient (Wildman–Crippen LogP) is -0.354. The molecule has 0 heterocycles. The summed E-state index contributed by atoms with van der Waals surface area (Å²) in [4.78, 5) is 60.7. The Hall–Kier alpha value is -2.38. The van der Waals surface area contributed by atoms with E-state index in [1.807, 2.05) is 20.1 Å². The van der Waals surface area contributed by atoms with E-state index in [-0.39, 0.29) is 25.2 Å². The van der Waals surface area contributed by atoms with Crippen molar-refractivity contribution in [1.29, 1.82) is 0 Å². The summed E-state index contributed by atoms with van der Waals surface area (Å²) >= 11 is 1.43. The van der Waals surface area contributed by atoms with Gasteiger partial charge in [-0.25, -0.2) is 4.79 Å². The molecule has 0 spiro atoms. The smallest absolute Gasteiger partial charge is 0.326 e. The van der Waals surface area contributed by atoms with E-state index in [0.29, 0.717) is 31.6 Å². The number of thioether (sulfide) groups is 1. The van der Waals surface area contributed by atoms with E-state index in [2.05, 4.69) is 16.0 Å². The lowest BCUT2D eigenvalue weighted by Crippen LogP contribution is -2.57. The van der Waals surface area contributed by atoms with Gasteiger partial charge in [-0.15, -0.1) is 0 Å². The van der Waals surface area contributed by atoms with E-state index >= 15 is 0 Å². The van der Waals surface area contributed by atoms with Crippen LogP contribution in [0.2, 0.25) is 0 Å².